The fraction of sp³-hybridized carbons (Fsp3) is 1.00. The van der Waals surface area contributed by atoms with Crippen LogP contribution in [0.5, 0.6) is 0 Å². The van der Waals surface area contributed by atoms with Gasteiger partial charge >= 0.3 is 0 Å². The van der Waals surface area contributed by atoms with Gasteiger partial charge in [-0.15, -0.1) is 0 Å². The smallest absolute Gasteiger partial charge is 0.135 e. The maximum atomic E-state index is 14.8. The van der Waals surface area contributed by atoms with Crippen molar-refractivity contribution in [2.75, 3.05) is 0 Å². The molecule has 0 amide bonds. The van der Waals surface area contributed by atoms with E-state index in [0.717, 1.165) is 225 Å². The van der Waals surface area contributed by atoms with Crippen molar-refractivity contribution in [1.29, 1.82) is 0 Å². The van der Waals surface area contributed by atoms with Gasteiger partial charge in [-0.1, -0.05) is 160 Å². The lowest BCUT2D eigenvalue weighted by molar-refractivity contribution is -0.0707. The molecular formula is C120H236F16O10. The molecule has 32 unspecified atom stereocenters. The van der Waals surface area contributed by atoms with E-state index >= 15 is 0 Å². The molecule has 888 valence electrons. The molecule has 18 aliphatic rings. The first kappa shape index (κ1) is 139. The van der Waals surface area contributed by atoms with Gasteiger partial charge < -0.3 is 54.8 Å². The molecule has 26 heteroatoms. The van der Waals surface area contributed by atoms with Crippen LogP contribution in [0.15, 0.2) is 0 Å². The number of alkyl halides is 16. The predicted molar refractivity (Wildman–Crippen MR) is 584 cm³/mol. The molecule has 18 fully saturated rings. The maximum Gasteiger partial charge on any atom is 0.135 e. The topological polar surface area (TPSA) is 315 Å². The molecule has 10 nitrogen and oxygen atoms in total. The Morgan fingerprint density at radius 2 is 0.178 bits per heavy atom. The number of rotatable bonds is 12. The molecule has 20 N–H and O–H groups in total. The van der Waals surface area contributed by atoms with Crippen molar-refractivity contribution in [2.45, 2.75) is 541 Å². The molecule has 18 aliphatic carbocycles. The Bertz CT molecular complexity index is 3020. The highest BCUT2D eigenvalue weighted by molar-refractivity contribution is 5.04. The summed E-state index contributed by atoms with van der Waals surface area (Å²) in [6, 6.07) is 0. The Morgan fingerprint density at radius 3 is 0.322 bits per heavy atom. The molecule has 0 aromatic carbocycles. The van der Waals surface area contributed by atoms with Gasteiger partial charge in [0.1, 0.15) is 98.7 Å². The number of hydrogen-bond donors (Lipinski definition) is 0. The van der Waals surface area contributed by atoms with Crippen LogP contribution in [0.1, 0.15) is 454 Å². The Labute approximate surface area is 886 Å². The average Bonchev–Trinajstić information content (AvgIpc) is 0.778. The fourth-order valence-electron chi connectivity index (χ4n) is 33.7. The summed E-state index contributed by atoms with van der Waals surface area (Å²) in [4.78, 5) is 0. The van der Waals surface area contributed by atoms with Crippen molar-refractivity contribution in [3.8, 4) is 0 Å². The lowest BCUT2D eigenvalue weighted by Crippen LogP contribution is -2.49. The minimum absolute atomic E-state index is 0. The molecule has 0 aliphatic heterocycles. The summed E-state index contributed by atoms with van der Waals surface area (Å²) >= 11 is 0. The maximum absolute atomic E-state index is 14.8. The van der Waals surface area contributed by atoms with Crippen LogP contribution in [0.25, 0.3) is 0 Å². The average molecular weight is 2140 g/mol. The van der Waals surface area contributed by atoms with Crippen LogP contribution in [-0.2, 0) is 0 Å². The van der Waals surface area contributed by atoms with Crippen molar-refractivity contribution in [3.63, 3.8) is 0 Å². The summed E-state index contributed by atoms with van der Waals surface area (Å²) in [5.74, 6) is 10.8. The van der Waals surface area contributed by atoms with Crippen LogP contribution in [-0.4, -0.2) is 154 Å². The van der Waals surface area contributed by atoms with E-state index in [9.17, 15) is 70.2 Å². The zero-order valence-electron chi connectivity index (χ0n) is 92.7. The molecule has 0 heterocycles. The highest BCUT2D eigenvalue weighted by Crippen LogP contribution is 2.57. The Morgan fingerprint density at radius 1 is 0.0959 bits per heavy atom. The van der Waals surface area contributed by atoms with Gasteiger partial charge in [-0.3, -0.25) is 0 Å². The van der Waals surface area contributed by atoms with Crippen LogP contribution < -0.4 is 0 Å². The zero-order valence-corrected chi connectivity index (χ0v) is 92.7. The molecule has 0 bridgehead atoms. The van der Waals surface area contributed by atoms with Gasteiger partial charge in [0.15, 0.2) is 0 Å². The van der Waals surface area contributed by atoms with E-state index in [2.05, 4.69) is 41.5 Å². The van der Waals surface area contributed by atoms with Crippen LogP contribution in [0, 0.1) is 213 Å². The fourth-order valence-corrected chi connectivity index (χ4v) is 33.7. The standard InChI is InChI=1S/2C20H32F4.4C20H34F2.10H2O.8H2/c2*1-11-3-6-13(7-4-11)14-9-10-16(20(24)18(14)22)15-8-5-12(2)17(21)19(15)23;4*1-13-3-6-15(7-4-13)16-8-10-17(11-9-16)18-12-5-14(2)19(21)20(18)22;;;;;;;;;;;;;;;;;;/h2*11-20H,3-10H2,1-2H3;4*13-20H,3-12H2,1-2H3;10*1H2;8*1H. The molecular weight excluding hydrogens is 1910 g/mol. The van der Waals surface area contributed by atoms with Gasteiger partial charge in [-0.25, -0.2) is 70.2 Å². The second-order valence-corrected chi connectivity index (χ2v) is 53.1. The summed E-state index contributed by atoms with van der Waals surface area (Å²) in [6.07, 6.45) is 39.9. The molecule has 32 atom stereocenters. The van der Waals surface area contributed by atoms with E-state index in [1.54, 1.807) is 13.8 Å². The van der Waals surface area contributed by atoms with Crippen molar-refractivity contribution in [2.24, 2.45) is 213 Å². The van der Waals surface area contributed by atoms with Crippen LogP contribution in [0.2, 0.25) is 0 Å². The zero-order chi connectivity index (χ0) is 97.6. The monoisotopic (exact) mass is 2140 g/mol. The van der Waals surface area contributed by atoms with E-state index < -0.39 is 122 Å². The number of hydrogen-bond acceptors (Lipinski definition) is 0. The van der Waals surface area contributed by atoms with Crippen LogP contribution in [0.3, 0.4) is 0 Å². The van der Waals surface area contributed by atoms with Crippen LogP contribution >= 0.6 is 0 Å². The lowest BCUT2D eigenvalue weighted by atomic mass is 9.63. The summed E-state index contributed by atoms with van der Waals surface area (Å²) in [5.41, 5.74) is 0. The second-order valence-electron chi connectivity index (χ2n) is 53.1. The summed E-state index contributed by atoms with van der Waals surface area (Å²) in [5, 5.41) is 0. The summed E-state index contributed by atoms with van der Waals surface area (Å²) < 4.78 is 230. The van der Waals surface area contributed by atoms with Crippen molar-refractivity contribution in [1.82, 2.24) is 0 Å². The number of halogens is 16. The molecule has 18 saturated carbocycles. The van der Waals surface area contributed by atoms with Crippen molar-refractivity contribution in [3.05, 3.63) is 0 Å². The lowest BCUT2D eigenvalue weighted by Gasteiger charge is -2.45. The third-order valence-corrected chi connectivity index (χ3v) is 44.2. The second kappa shape index (κ2) is 65.7. The van der Waals surface area contributed by atoms with Gasteiger partial charge in [0.25, 0.3) is 0 Å². The molecule has 0 aromatic heterocycles. The molecule has 18 rings (SSSR count). The van der Waals surface area contributed by atoms with Gasteiger partial charge in [-0.2, -0.15) is 0 Å². The normalized spacial score (nSPS) is 48.2. The summed E-state index contributed by atoms with van der Waals surface area (Å²) in [7, 11) is 0. The molecule has 0 saturated heterocycles. The third-order valence-electron chi connectivity index (χ3n) is 44.2. The first-order chi connectivity index (χ1) is 65.0. The molecule has 0 radical (unpaired) electrons. The minimum atomic E-state index is -1.63. The van der Waals surface area contributed by atoms with Gasteiger partial charge in [-0.05, 0) is 496 Å². The van der Waals surface area contributed by atoms with E-state index in [4.69, 9.17) is 0 Å². The first-order valence-corrected chi connectivity index (χ1v) is 59.3. The highest BCUT2D eigenvalue weighted by atomic mass is 19.2. The van der Waals surface area contributed by atoms with E-state index in [1.807, 2.05) is 27.7 Å². The SMILES string of the molecule is CC1CCC(C2CCC(C3CCC(C)C(F)C3F)C(F)C2F)CC1.CC1CCC(C2CCC(C3CCC(C)C(F)C3F)C(F)C2F)CC1.CC1CCC(C2CCC(C3CCC(C)C(F)C3F)CC2)CC1.CC1CCC(C2CCC(C3CCC(C)C(F)C3F)CC2)CC1.CC1CCC(C2CCC(C3CCC(C)C(F)C3F)CC2)CC1.CC1CCC(C2CCC(C3CCC(C)C(F)C3F)CC2)CC1.O.O.O.O.O.O.O.O.O.O.[HH].[HH].[HH].[HH].[HH].[HH].[HH].[HH]. The Kier molecular flexibility index (Phi) is 62.4. The molecule has 146 heavy (non-hydrogen) atoms. The van der Waals surface area contributed by atoms with Crippen molar-refractivity contribution < 1.29 is 136 Å². The van der Waals surface area contributed by atoms with Crippen molar-refractivity contribution >= 4 is 0 Å². The Balaban J connectivity index is -0.000000417. The predicted octanol–water partition coefficient (Wildman–Crippen LogP) is 31.6. The first-order valence-electron chi connectivity index (χ1n) is 59.3. The molecule has 0 spiro atoms. The van der Waals surface area contributed by atoms with Crippen LogP contribution in [0.4, 0.5) is 70.2 Å². The highest BCUT2D eigenvalue weighted by Gasteiger charge is 2.56. The van der Waals surface area contributed by atoms with Gasteiger partial charge in [0.05, 0.1) is 0 Å². The minimum Gasteiger partial charge on any atom is -0.412 e. The van der Waals surface area contributed by atoms with E-state index in [-0.39, 0.29) is 149 Å². The third kappa shape index (κ3) is 35.7. The van der Waals surface area contributed by atoms with Gasteiger partial charge in [0.2, 0.25) is 0 Å². The molecule has 0 aromatic rings. The van der Waals surface area contributed by atoms with E-state index in [1.165, 1.54) is 154 Å². The van der Waals surface area contributed by atoms with Gasteiger partial charge in [0, 0.05) is 11.4 Å². The quantitative estimate of drug-likeness (QED) is 0.165. The Hall–Kier alpha value is -1.52. The van der Waals surface area contributed by atoms with E-state index in [0.29, 0.717) is 86.9 Å². The summed E-state index contributed by atoms with van der Waals surface area (Å²) in [6.45, 7) is 24.9. The largest absolute Gasteiger partial charge is 0.412 e.